The molecule has 0 saturated carbocycles. The molecule has 0 saturated heterocycles. The molecule has 0 amide bonds. The van der Waals surface area contributed by atoms with E-state index in [0.29, 0.717) is 22.5 Å². The lowest BCUT2D eigenvalue weighted by Gasteiger charge is -2.13. The molecule has 3 aromatic rings. The maximum Gasteiger partial charge on any atom is 0.339 e. The topological polar surface area (TPSA) is 115 Å². The molecule has 3 rings (SSSR count). The van der Waals surface area contributed by atoms with Gasteiger partial charge < -0.3 is 9.15 Å². The molecule has 0 atom stereocenters. The molecule has 0 aliphatic rings. The molecule has 10 heteroatoms. The number of benzene rings is 1. The van der Waals surface area contributed by atoms with Crippen molar-refractivity contribution in [2.24, 2.45) is 0 Å². The Balaban J connectivity index is 2.10. The number of aryl methyl sites for hydroxylation is 2. The van der Waals surface area contributed by atoms with Crippen LogP contribution in [0.25, 0.3) is 22.9 Å². The summed E-state index contributed by atoms with van der Waals surface area (Å²) in [7, 11) is -0.821. The minimum absolute atomic E-state index is 0.0451. The van der Waals surface area contributed by atoms with Crippen LogP contribution >= 0.6 is 0 Å². The maximum absolute atomic E-state index is 12.7. The Hall–Kier alpha value is -3.11. The summed E-state index contributed by atoms with van der Waals surface area (Å²) in [5.74, 6) is -0.327. The summed E-state index contributed by atoms with van der Waals surface area (Å²) >= 11 is 0. The van der Waals surface area contributed by atoms with Crippen molar-refractivity contribution in [2.45, 2.75) is 25.7 Å². The first kappa shape index (κ1) is 21.6. The van der Waals surface area contributed by atoms with Crippen LogP contribution < -0.4 is 0 Å². The van der Waals surface area contributed by atoms with Crippen LogP contribution in [0.1, 0.15) is 28.7 Å². The molecule has 158 valence electrons. The van der Waals surface area contributed by atoms with Crippen molar-refractivity contribution >= 4 is 16.0 Å². The Kier molecular flexibility index (Phi) is 5.99. The molecule has 2 aromatic heterocycles. The van der Waals surface area contributed by atoms with E-state index < -0.39 is 16.0 Å². The zero-order valence-electron chi connectivity index (χ0n) is 17.3. The number of carbonyl (C=O) groups is 1. The molecule has 0 aliphatic heterocycles. The van der Waals surface area contributed by atoms with Crippen LogP contribution in [-0.4, -0.2) is 54.6 Å². The number of rotatable bonds is 6. The lowest BCUT2D eigenvalue weighted by atomic mass is 10.1. The van der Waals surface area contributed by atoms with Gasteiger partial charge in [-0.2, -0.15) is 0 Å². The van der Waals surface area contributed by atoms with Gasteiger partial charge in [-0.1, -0.05) is 12.1 Å². The second kappa shape index (κ2) is 8.33. The van der Waals surface area contributed by atoms with Crippen LogP contribution in [0.4, 0.5) is 0 Å². The summed E-state index contributed by atoms with van der Waals surface area (Å²) in [6.07, 6.45) is 0. The Labute approximate surface area is 174 Å². The lowest BCUT2D eigenvalue weighted by Crippen LogP contribution is -2.22. The average molecular weight is 430 g/mol. The molecule has 0 aliphatic carbocycles. The van der Waals surface area contributed by atoms with Crippen LogP contribution in [0.2, 0.25) is 0 Å². The summed E-state index contributed by atoms with van der Waals surface area (Å²) < 4.78 is 37.3. The summed E-state index contributed by atoms with van der Waals surface area (Å²) in [6, 6.07) is 7.97. The lowest BCUT2D eigenvalue weighted by molar-refractivity contribution is 0.0525. The first-order valence-electron chi connectivity index (χ1n) is 9.18. The van der Waals surface area contributed by atoms with Crippen molar-refractivity contribution in [3.05, 3.63) is 47.3 Å². The molecule has 0 N–H and O–H groups in total. The minimum atomic E-state index is -3.72. The molecule has 0 fully saturated rings. The van der Waals surface area contributed by atoms with E-state index in [1.807, 2.05) is 0 Å². The number of carbonyl (C=O) groups excluding carboxylic acids is 1. The van der Waals surface area contributed by atoms with E-state index in [1.54, 1.807) is 45.0 Å². The highest BCUT2D eigenvalue weighted by Gasteiger charge is 2.25. The highest BCUT2D eigenvalue weighted by molar-refractivity contribution is 7.89. The molecule has 2 heterocycles. The third-order valence-corrected chi connectivity index (χ3v) is 6.30. The van der Waals surface area contributed by atoms with Crippen LogP contribution in [0, 0.1) is 13.8 Å². The SMILES string of the molecule is CCOC(=O)c1cc(-c2nnc(-c3ccccc3S(=O)(=O)N(C)C)o2)c(C)nc1C. The number of hydrogen-bond acceptors (Lipinski definition) is 8. The summed E-state index contributed by atoms with van der Waals surface area (Å²) in [4.78, 5) is 16.6. The third-order valence-electron chi connectivity index (χ3n) is 4.43. The van der Waals surface area contributed by atoms with Gasteiger partial charge >= 0.3 is 5.97 Å². The second-order valence-corrected chi connectivity index (χ2v) is 8.79. The zero-order valence-corrected chi connectivity index (χ0v) is 18.1. The van der Waals surface area contributed by atoms with Gasteiger partial charge in [0.2, 0.25) is 21.8 Å². The molecule has 9 nitrogen and oxygen atoms in total. The molecule has 30 heavy (non-hydrogen) atoms. The molecular formula is C20H22N4O5S. The molecule has 0 spiro atoms. The standard InChI is InChI=1S/C20H22N4O5S/c1-6-28-20(25)16-11-15(12(2)21-13(16)3)19-23-22-18(29-19)14-9-7-8-10-17(14)30(26,27)24(4)5/h7-11H,6H2,1-5H3. The van der Waals surface area contributed by atoms with Gasteiger partial charge in [0, 0.05) is 14.1 Å². The van der Waals surface area contributed by atoms with Crippen LogP contribution in [-0.2, 0) is 14.8 Å². The number of pyridine rings is 1. The van der Waals surface area contributed by atoms with E-state index in [2.05, 4.69) is 15.2 Å². The quantitative estimate of drug-likeness (QED) is 0.548. The summed E-state index contributed by atoms with van der Waals surface area (Å²) in [5.41, 5.74) is 2.17. The Bertz CT molecular complexity index is 1200. The molecule has 0 radical (unpaired) electrons. The third kappa shape index (κ3) is 3.96. The fourth-order valence-electron chi connectivity index (χ4n) is 2.86. The van der Waals surface area contributed by atoms with Crippen molar-refractivity contribution in [3.63, 3.8) is 0 Å². The molecule has 0 unspecified atom stereocenters. The van der Waals surface area contributed by atoms with Crippen LogP contribution in [0.15, 0.2) is 39.6 Å². The molecule has 1 aromatic carbocycles. The van der Waals surface area contributed by atoms with Gasteiger partial charge in [-0.3, -0.25) is 4.98 Å². The molecule has 0 bridgehead atoms. The summed E-state index contributed by atoms with van der Waals surface area (Å²) in [6.45, 7) is 5.43. The number of sulfonamides is 1. The average Bonchev–Trinajstić information content (AvgIpc) is 3.17. The fourth-order valence-corrected chi connectivity index (χ4v) is 3.94. The normalized spacial score (nSPS) is 11.7. The number of esters is 1. The van der Waals surface area contributed by atoms with Gasteiger partial charge in [-0.25, -0.2) is 17.5 Å². The number of aromatic nitrogens is 3. The maximum atomic E-state index is 12.7. The number of hydrogen-bond donors (Lipinski definition) is 0. The van der Waals surface area contributed by atoms with E-state index >= 15 is 0 Å². The Morgan fingerprint density at radius 2 is 1.70 bits per heavy atom. The largest absolute Gasteiger partial charge is 0.462 e. The minimum Gasteiger partial charge on any atom is -0.462 e. The molecular weight excluding hydrogens is 408 g/mol. The van der Waals surface area contributed by atoms with Crippen LogP contribution in [0.3, 0.4) is 0 Å². The van der Waals surface area contributed by atoms with Gasteiger partial charge in [-0.15, -0.1) is 10.2 Å². The number of ether oxygens (including phenoxy) is 1. The highest BCUT2D eigenvalue weighted by atomic mass is 32.2. The Morgan fingerprint density at radius 1 is 1.07 bits per heavy atom. The van der Waals surface area contributed by atoms with Gasteiger partial charge in [0.1, 0.15) is 0 Å². The van der Waals surface area contributed by atoms with E-state index in [-0.39, 0.29) is 28.8 Å². The van der Waals surface area contributed by atoms with Gasteiger partial charge in [0.05, 0.1) is 39.6 Å². The van der Waals surface area contributed by atoms with Crippen molar-refractivity contribution in [1.82, 2.24) is 19.5 Å². The van der Waals surface area contributed by atoms with E-state index in [1.165, 1.54) is 20.2 Å². The van der Waals surface area contributed by atoms with E-state index in [4.69, 9.17) is 9.15 Å². The van der Waals surface area contributed by atoms with Crippen molar-refractivity contribution in [1.29, 1.82) is 0 Å². The number of nitrogens with zero attached hydrogens (tertiary/aromatic N) is 4. The summed E-state index contributed by atoms with van der Waals surface area (Å²) in [5, 5.41) is 8.08. The highest BCUT2D eigenvalue weighted by Crippen LogP contribution is 2.31. The van der Waals surface area contributed by atoms with Gasteiger partial charge in [-0.05, 0) is 39.0 Å². The van der Waals surface area contributed by atoms with Gasteiger partial charge in [0.25, 0.3) is 0 Å². The first-order valence-corrected chi connectivity index (χ1v) is 10.6. The first-order chi connectivity index (χ1) is 14.2. The van der Waals surface area contributed by atoms with Crippen molar-refractivity contribution < 1.29 is 22.4 Å². The monoisotopic (exact) mass is 430 g/mol. The van der Waals surface area contributed by atoms with Crippen LogP contribution in [0.5, 0.6) is 0 Å². The smallest absolute Gasteiger partial charge is 0.339 e. The van der Waals surface area contributed by atoms with E-state index in [0.717, 1.165) is 4.31 Å². The van der Waals surface area contributed by atoms with E-state index in [9.17, 15) is 13.2 Å². The second-order valence-electron chi connectivity index (χ2n) is 6.67. The predicted molar refractivity (Wildman–Crippen MR) is 109 cm³/mol. The van der Waals surface area contributed by atoms with Crippen molar-refractivity contribution in [2.75, 3.05) is 20.7 Å². The van der Waals surface area contributed by atoms with Crippen molar-refractivity contribution in [3.8, 4) is 22.9 Å². The Morgan fingerprint density at radius 3 is 2.33 bits per heavy atom. The predicted octanol–water partition coefficient (Wildman–Crippen LogP) is 2.84. The zero-order chi connectivity index (χ0) is 22.1. The fraction of sp³-hybridized carbons (Fsp3) is 0.300. The van der Waals surface area contributed by atoms with Gasteiger partial charge in [0.15, 0.2) is 0 Å².